The zero-order valence-corrected chi connectivity index (χ0v) is 12.3. The van der Waals surface area contributed by atoms with Gasteiger partial charge in [0, 0.05) is 12.1 Å². The lowest BCUT2D eigenvalue weighted by molar-refractivity contribution is -0.117. The number of hydrogen-bond acceptors (Lipinski definition) is 2. The predicted octanol–water partition coefficient (Wildman–Crippen LogP) is 3.70. The zero-order chi connectivity index (χ0) is 15.9. The van der Waals surface area contributed by atoms with Crippen molar-refractivity contribution < 1.29 is 9.18 Å². The fourth-order valence-corrected chi connectivity index (χ4v) is 2.03. The lowest BCUT2D eigenvalue weighted by Gasteiger charge is -2.05. The number of carbonyl (C=O) groups excluding carboxylic acids is 1. The molecule has 0 radical (unpaired) electrons. The van der Waals surface area contributed by atoms with Crippen LogP contribution in [-0.2, 0) is 11.3 Å². The van der Waals surface area contributed by atoms with Gasteiger partial charge in [0.05, 0.1) is 5.02 Å². The van der Waals surface area contributed by atoms with Crippen LogP contribution in [0.3, 0.4) is 0 Å². The normalized spacial score (nSPS) is 10.9. The number of nitrogens with zero attached hydrogens (tertiary/aromatic N) is 1. The van der Waals surface area contributed by atoms with Crippen molar-refractivity contribution in [2.75, 3.05) is 0 Å². The standard InChI is InChI=1S/C17H12ClFN2O/c18-15-7-4-8-16(19)14(15)9-13(10-20)17(22)21-11-12-5-2-1-3-6-12/h1-9H,11H2,(H,21,22). The molecule has 3 nitrogen and oxygen atoms in total. The molecular weight excluding hydrogens is 303 g/mol. The third-order valence-electron chi connectivity index (χ3n) is 2.95. The second kappa shape index (κ2) is 7.39. The monoisotopic (exact) mass is 314 g/mol. The van der Waals surface area contributed by atoms with E-state index in [1.165, 1.54) is 18.2 Å². The van der Waals surface area contributed by atoms with Gasteiger partial charge in [-0.25, -0.2) is 4.39 Å². The minimum atomic E-state index is -0.587. The van der Waals surface area contributed by atoms with E-state index >= 15 is 0 Å². The molecule has 1 amide bonds. The summed E-state index contributed by atoms with van der Waals surface area (Å²) in [5.74, 6) is -1.17. The Balaban J connectivity index is 2.16. The zero-order valence-electron chi connectivity index (χ0n) is 11.5. The number of rotatable bonds is 4. The molecule has 2 aromatic rings. The Labute approximate surface area is 132 Å². The second-order valence-electron chi connectivity index (χ2n) is 4.47. The van der Waals surface area contributed by atoms with Crippen molar-refractivity contribution in [1.29, 1.82) is 5.26 Å². The molecule has 0 unspecified atom stereocenters. The largest absolute Gasteiger partial charge is 0.347 e. The van der Waals surface area contributed by atoms with Gasteiger partial charge >= 0.3 is 0 Å². The van der Waals surface area contributed by atoms with Crippen LogP contribution in [-0.4, -0.2) is 5.91 Å². The summed E-state index contributed by atoms with van der Waals surface area (Å²) in [6.45, 7) is 0.281. The number of amides is 1. The van der Waals surface area contributed by atoms with E-state index in [9.17, 15) is 9.18 Å². The van der Waals surface area contributed by atoms with Crippen molar-refractivity contribution in [3.63, 3.8) is 0 Å². The summed E-state index contributed by atoms with van der Waals surface area (Å²) in [4.78, 5) is 12.0. The lowest BCUT2D eigenvalue weighted by atomic mass is 10.1. The van der Waals surface area contributed by atoms with Gasteiger partial charge in [-0.3, -0.25) is 4.79 Å². The van der Waals surface area contributed by atoms with E-state index in [0.717, 1.165) is 11.6 Å². The minimum Gasteiger partial charge on any atom is -0.347 e. The molecule has 2 rings (SSSR count). The molecule has 5 heteroatoms. The van der Waals surface area contributed by atoms with E-state index in [1.807, 2.05) is 30.3 Å². The highest BCUT2D eigenvalue weighted by Gasteiger charge is 2.12. The van der Waals surface area contributed by atoms with Gasteiger partial charge in [-0.05, 0) is 23.8 Å². The molecule has 0 aliphatic heterocycles. The highest BCUT2D eigenvalue weighted by molar-refractivity contribution is 6.32. The van der Waals surface area contributed by atoms with E-state index in [4.69, 9.17) is 16.9 Å². The number of nitrogens with one attached hydrogen (secondary N) is 1. The van der Waals surface area contributed by atoms with E-state index < -0.39 is 11.7 Å². The fraction of sp³-hybridized carbons (Fsp3) is 0.0588. The number of hydrogen-bond donors (Lipinski definition) is 1. The molecule has 22 heavy (non-hydrogen) atoms. The third kappa shape index (κ3) is 3.94. The number of halogens is 2. The van der Waals surface area contributed by atoms with Crippen molar-refractivity contribution in [3.8, 4) is 6.07 Å². The van der Waals surface area contributed by atoms with Crippen LogP contribution in [0.1, 0.15) is 11.1 Å². The van der Waals surface area contributed by atoms with E-state index in [-0.39, 0.29) is 22.7 Å². The van der Waals surface area contributed by atoms with Crippen molar-refractivity contribution in [2.24, 2.45) is 0 Å². The Kier molecular flexibility index (Phi) is 5.29. The van der Waals surface area contributed by atoms with Crippen LogP contribution in [0.5, 0.6) is 0 Å². The number of benzene rings is 2. The van der Waals surface area contributed by atoms with Crippen LogP contribution >= 0.6 is 11.6 Å². The topological polar surface area (TPSA) is 52.9 Å². The molecule has 0 aliphatic rings. The molecule has 0 spiro atoms. The van der Waals surface area contributed by atoms with Gasteiger partial charge in [0.2, 0.25) is 0 Å². The van der Waals surface area contributed by atoms with Gasteiger partial charge in [0.15, 0.2) is 0 Å². The van der Waals surface area contributed by atoms with E-state index in [2.05, 4.69) is 5.32 Å². The van der Waals surface area contributed by atoms with E-state index in [1.54, 1.807) is 6.07 Å². The van der Waals surface area contributed by atoms with Gasteiger partial charge in [0.25, 0.3) is 5.91 Å². The quantitative estimate of drug-likeness (QED) is 0.691. The molecule has 0 heterocycles. The first kappa shape index (κ1) is 15.7. The number of nitriles is 1. The van der Waals surface area contributed by atoms with Crippen molar-refractivity contribution in [3.05, 3.63) is 76.1 Å². The SMILES string of the molecule is N#CC(=Cc1c(F)cccc1Cl)C(=O)NCc1ccccc1. The average molecular weight is 315 g/mol. The summed E-state index contributed by atoms with van der Waals surface area (Å²) in [7, 11) is 0. The molecular formula is C17H12ClFN2O. The molecule has 0 saturated heterocycles. The maximum atomic E-state index is 13.7. The van der Waals surface area contributed by atoms with E-state index in [0.29, 0.717) is 0 Å². The Hall–Kier alpha value is -2.64. The van der Waals surface area contributed by atoms with Gasteiger partial charge in [-0.15, -0.1) is 0 Å². The van der Waals surface area contributed by atoms with Crippen LogP contribution in [0.4, 0.5) is 4.39 Å². The molecule has 110 valence electrons. The van der Waals surface area contributed by atoms with Crippen molar-refractivity contribution >= 4 is 23.6 Å². The van der Waals surface area contributed by atoms with Crippen LogP contribution < -0.4 is 5.32 Å². The first-order chi connectivity index (χ1) is 10.6. The smallest absolute Gasteiger partial charge is 0.262 e. The first-order valence-corrected chi connectivity index (χ1v) is 6.87. The summed E-state index contributed by atoms with van der Waals surface area (Å²) < 4.78 is 13.7. The summed E-state index contributed by atoms with van der Waals surface area (Å²) in [5, 5.41) is 11.8. The van der Waals surface area contributed by atoms with Crippen molar-refractivity contribution in [2.45, 2.75) is 6.54 Å². The molecule has 0 aliphatic carbocycles. The summed E-state index contributed by atoms with van der Waals surface area (Å²) >= 11 is 5.88. The minimum absolute atomic E-state index is 0.0237. The molecule has 0 saturated carbocycles. The van der Waals surface area contributed by atoms with Crippen molar-refractivity contribution in [1.82, 2.24) is 5.32 Å². The predicted molar refractivity (Wildman–Crippen MR) is 83.3 cm³/mol. The van der Waals surface area contributed by atoms with Crippen LogP contribution in [0, 0.1) is 17.1 Å². The molecule has 2 aromatic carbocycles. The average Bonchev–Trinajstić information content (AvgIpc) is 2.53. The lowest BCUT2D eigenvalue weighted by Crippen LogP contribution is -2.23. The van der Waals surface area contributed by atoms with Gasteiger partial charge in [-0.2, -0.15) is 5.26 Å². The summed E-state index contributed by atoms with van der Waals surface area (Å²) in [6.07, 6.45) is 1.15. The van der Waals surface area contributed by atoms with Crippen LogP contribution in [0.25, 0.3) is 6.08 Å². The molecule has 0 aromatic heterocycles. The highest BCUT2D eigenvalue weighted by Crippen LogP contribution is 2.21. The Morgan fingerprint density at radius 2 is 1.95 bits per heavy atom. The molecule has 0 bridgehead atoms. The van der Waals surface area contributed by atoms with Crippen LogP contribution in [0.2, 0.25) is 5.02 Å². The Bertz CT molecular complexity index is 731. The van der Waals surface area contributed by atoms with Crippen LogP contribution in [0.15, 0.2) is 54.1 Å². The number of carbonyl (C=O) groups is 1. The third-order valence-corrected chi connectivity index (χ3v) is 3.28. The summed E-state index contributed by atoms with van der Waals surface area (Å²) in [5.41, 5.74) is 0.718. The Morgan fingerprint density at radius 3 is 2.59 bits per heavy atom. The second-order valence-corrected chi connectivity index (χ2v) is 4.88. The molecule has 0 fully saturated rings. The van der Waals surface area contributed by atoms with Gasteiger partial charge in [-0.1, -0.05) is 48.0 Å². The Morgan fingerprint density at radius 1 is 1.23 bits per heavy atom. The van der Waals surface area contributed by atoms with Gasteiger partial charge in [0.1, 0.15) is 17.5 Å². The maximum Gasteiger partial charge on any atom is 0.262 e. The molecule has 1 N–H and O–H groups in total. The highest BCUT2D eigenvalue weighted by atomic mass is 35.5. The maximum absolute atomic E-state index is 13.7. The first-order valence-electron chi connectivity index (χ1n) is 6.49. The van der Waals surface area contributed by atoms with Gasteiger partial charge < -0.3 is 5.32 Å². The fourth-order valence-electron chi connectivity index (χ4n) is 1.81. The summed E-state index contributed by atoms with van der Waals surface area (Å²) in [6, 6.07) is 15.2. The molecule has 0 atom stereocenters.